The Balaban J connectivity index is 1.73. The third-order valence-electron chi connectivity index (χ3n) is 3.77. The molecule has 1 nitrogen and oxygen atoms in total. The minimum Gasteiger partial charge on any atom is -0.306 e. The van der Waals surface area contributed by atoms with Crippen LogP contribution in [-0.2, 0) is 6.54 Å². The highest BCUT2D eigenvalue weighted by Crippen LogP contribution is 2.41. The highest BCUT2D eigenvalue weighted by molar-refractivity contribution is 9.10. The predicted octanol–water partition coefficient (Wildman–Crippen LogP) is 5.34. The van der Waals surface area contributed by atoms with Crippen molar-refractivity contribution in [2.75, 3.05) is 0 Å². The Labute approximate surface area is 133 Å². The molecule has 0 radical (unpaired) electrons. The lowest BCUT2D eigenvalue weighted by Gasteiger charge is -2.19. The maximum atomic E-state index is 6.08. The largest absolute Gasteiger partial charge is 0.306 e. The predicted molar refractivity (Wildman–Crippen MR) is 87.9 cm³/mol. The topological polar surface area (TPSA) is 12.0 Å². The monoisotopic (exact) mass is 349 g/mol. The van der Waals surface area contributed by atoms with Crippen molar-refractivity contribution < 1.29 is 0 Å². The minimum atomic E-state index is 0.446. The Morgan fingerprint density at radius 2 is 1.90 bits per heavy atom. The van der Waals surface area contributed by atoms with Gasteiger partial charge < -0.3 is 5.32 Å². The summed E-state index contributed by atoms with van der Waals surface area (Å²) in [5.74, 6) is 0.773. The molecule has 0 aliphatic heterocycles. The van der Waals surface area contributed by atoms with Gasteiger partial charge in [-0.2, -0.15) is 0 Å². The van der Waals surface area contributed by atoms with Gasteiger partial charge in [0.25, 0.3) is 0 Å². The first kappa shape index (κ1) is 14.1. The lowest BCUT2D eigenvalue weighted by Crippen LogP contribution is -2.22. The molecule has 0 amide bonds. The highest BCUT2D eigenvalue weighted by atomic mass is 79.9. The van der Waals surface area contributed by atoms with E-state index in [4.69, 9.17) is 11.6 Å². The van der Waals surface area contributed by atoms with Crippen LogP contribution in [0.2, 0.25) is 5.02 Å². The second-order valence-corrected chi connectivity index (χ2v) is 6.63. The van der Waals surface area contributed by atoms with E-state index in [9.17, 15) is 0 Å². The third kappa shape index (κ3) is 3.43. The van der Waals surface area contributed by atoms with Crippen LogP contribution in [0.1, 0.15) is 30.0 Å². The first-order valence-corrected chi connectivity index (χ1v) is 8.13. The molecule has 1 saturated carbocycles. The summed E-state index contributed by atoms with van der Waals surface area (Å²) >= 11 is 9.67. The van der Waals surface area contributed by atoms with Crippen molar-refractivity contribution in [2.45, 2.75) is 25.4 Å². The zero-order valence-corrected chi connectivity index (χ0v) is 13.5. The number of halogens is 2. The molecule has 20 heavy (non-hydrogen) atoms. The van der Waals surface area contributed by atoms with Gasteiger partial charge in [0.05, 0.1) is 0 Å². The van der Waals surface area contributed by atoms with Gasteiger partial charge in [0, 0.05) is 22.1 Å². The molecule has 3 heteroatoms. The fraction of sp³-hybridized carbons (Fsp3) is 0.294. The number of hydrogen-bond donors (Lipinski definition) is 1. The van der Waals surface area contributed by atoms with Gasteiger partial charge in [-0.05, 0) is 48.1 Å². The minimum absolute atomic E-state index is 0.446. The molecule has 2 aromatic rings. The fourth-order valence-electron chi connectivity index (χ4n) is 2.55. The van der Waals surface area contributed by atoms with E-state index < -0.39 is 0 Å². The normalized spacial score (nSPS) is 16.1. The Morgan fingerprint density at radius 3 is 2.60 bits per heavy atom. The number of nitrogens with one attached hydrogen (secondary N) is 1. The summed E-state index contributed by atoms with van der Waals surface area (Å²) in [7, 11) is 0. The number of rotatable bonds is 5. The van der Waals surface area contributed by atoms with Crippen molar-refractivity contribution >= 4 is 27.5 Å². The van der Waals surface area contributed by atoms with Crippen LogP contribution in [0.15, 0.2) is 53.0 Å². The zero-order chi connectivity index (χ0) is 13.9. The van der Waals surface area contributed by atoms with Crippen LogP contribution < -0.4 is 5.32 Å². The molecule has 0 spiro atoms. The summed E-state index contributed by atoms with van der Waals surface area (Å²) in [4.78, 5) is 0. The van der Waals surface area contributed by atoms with E-state index in [1.165, 1.54) is 24.0 Å². The van der Waals surface area contributed by atoms with Crippen molar-refractivity contribution in [1.82, 2.24) is 5.32 Å². The lowest BCUT2D eigenvalue weighted by atomic mass is 10.0. The van der Waals surface area contributed by atoms with Crippen LogP contribution in [0.3, 0.4) is 0 Å². The molecule has 0 saturated heterocycles. The van der Waals surface area contributed by atoms with Crippen LogP contribution in [0.25, 0.3) is 0 Å². The van der Waals surface area contributed by atoms with Crippen molar-refractivity contribution in [3.8, 4) is 0 Å². The Hall–Kier alpha value is -0.830. The molecule has 0 bridgehead atoms. The van der Waals surface area contributed by atoms with Gasteiger partial charge in [0.15, 0.2) is 0 Å². The summed E-state index contributed by atoms with van der Waals surface area (Å²) in [6.45, 7) is 0.831. The van der Waals surface area contributed by atoms with E-state index >= 15 is 0 Å². The highest BCUT2D eigenvalue weighted by Gasteiger charge is 2.31. The molecule has 0 heterocycles. The molecule has 2 aromatic carbocycles. The van der Waals surface area contributed by atoms with Gasteiger partial charge in [0.1, 0.15) is 0 Å². The summed E-state index contributed by atoms with van der Waals surface area (Å²) < 4.78 is 1.11. The molecule has 1 atom stereocenters. The van der Waals surface area contributed by atoms with Gasteiger partial charge in [-0.15, -0.1) is 0 Å². The van der Waals surface area contributed by atoms with Crippen LogP contribution in [0.4, 0.5) is 0 Å². The summed E-state index contributed by atoms with van der Waals surface area (Å²) in [5, 5.41) is 4.48. The van der Waals surface area contributed by atoms with E-state index in [-0.39, 0.29) is 0 Å². The molecule has 1 aliphatic rings. The fourth-order valence-corrected chi connectivity index (χ4v) is 3.13. The summed E-state index contributed by atoms with van der Waals surface area (Å²) in [5.41, 5.74) is 2.59. The van der Waals surface area contributed by atoms with Crippen LogP contribution in [0, 0.1) is 5.92 Å². The lowest BCUT2D eigenvalue weighted by molar-refractivity contribution is 0.480. The van der Waals surface area contributed by atoms with Gasteiger partial charge >= 0.3 is 0 Å². The van der Waals surface area contributed by atoms with Crippen molar-refractivity contribution in [2.24, 2.45) is 5.92 Å². The Bertz CT molecular complexity index is 581. The second-order valence-electron chi connectivity index (χ2n) is 5.34. The van der Waals surface area contributed by atoms with Crippen molar-refractivity contribution in [1.29, 1.82) is 0 Å². The zero-order valence-electron chi connectivity index (χ0n) is 11.2. The van der Waals surface area contributed by atoms with Crippen LogP contribution in [-0.4, -0.2) is 0 Å². The van der Waals surface area contributed by atoms with E-state index in [0.29, 0.717) is 6.04 Å². The summed E-state index contributed by atoms with van der Waals surface area (Å²) in [6, 6.07) is 17.1. The molecule has 1 N–H and O–H groups in total. The summed E-state index contributed by atoms with van der Waals surface area (Å²) in [6.07, 6.45) is 2.65. The van der Waals surface area contributed by atoms with Crippen molar-refractivity contribution in [3.05, 3.63) is 69.2 Å². The molecule has 3 rings (SSSR count). The average molecular weight is 351 g/mol. The van der Waals surface area contributed by atoms with Crippen LogP contribution >= 0.6 is 27.5 Å². The van der Waals surface area contributed by atoms with Crippen LogP contribution in [0.5, 0.6) is 0 Å². The van der Waals surface area contributed by atoms with Gasteiger partial charge in [-0.1, -0.05) is 57.9 Å². The van der Waals surface area contributed by atoms with E-state index in [1.54, 1.807) is 0 Å². The standard InChI is InChI=1S/C17H17BrClN/c18-16-9-8-15(19)10-14(16)11-20-17(13-6-7-13)12-4-2-1-3-5-12/h1-5,8-10,13,17,20H,6-7,11H2. The van der Waals surface area contributed by atoms with E-state index in [0.717, 1.165) is 22.0 Å². The van der Waals surface area contributed by atoms with Gasteiger partial charge in [0.2, 0.25) is 0 Å². The third-order valence-corrected chi connectivity index (χ3v) is 4.78. The molecule has 1 fully saturated rings. The quantitative estimate of drug-likeness (QED) is 0.767. The Kier molecular flexibility index (Phi) is 4.45. The first-order valence-electron chi connectivity index (χ1n) is 6.96. The number of hydrogen-bond acceptors (Lipinski definition) is 1. The Morgan fingerprint density at radius 1 is 1.15 bits per heavy atom. The van der Waals surface area contributed by atoms with E-state index in [1.807, 2.05) is 18.2 Å². The second kappa shape index (κ2) is 6.30. The molecular weight excluding hydrogens is 334 g/mol. The SMILES string of the molecule is Clc1ccc(Br)c(CNC(c2ccccc2)C2CC2)c1. The maximum absolute atomic E-state index is 6.08. The maximum Gasteiger partial charge on any atom is 0.0410 e. The van der Waals surface area contributed by atoms with Crippen molar-refractivity contribution in [3.63, 3.8) is 0 Å². The number of benzene rings is 2. The first-order chi connectivity index (χ1) is 9.74. The van der Waals surface area contributed by atoms with Gasteiger partial charge in [-0.3, -0.25) is 0 Å². The molecule has 104 valence electrons. The van der Waals surface area contributed by atoms with E-state index in [2.05, 4.69) is 51.6 Å². The molecule has 0 aromatic heterocycles. The molecule has 1 aliphatic carbocycles. The molecular formula is C17H17BrClN. The average Bonchev–Trinajstić information content (AvgIpc) is 3.29. The van der Waals surface area contributed by atoms with Gasteiger partial charge in [-0.25, -0.2) is 0 Å². The smallest absolute Gasteiger partial charge is 0.0410 e. The molecule has 1 unspecified atom stereocenters.